The van der Waals surface area contributed by atoms with E-state index in [1.165, 1.54) is 11.3 Å². The van der Waals surface area contributed by atoms with Gasteiger partial charge in [-0.05, 0) is 25.0 Å². The lowest BCUT2D eigenvalue weighted by Gasteiger charge is -2.28. The summed E-state index contributed by atoms with van der Waals surface area (Å²) in [6.07, 6.45) is 3.29. The Balaban J connectivity index is 1.43. The van der Waals surface area contributed by atoms with E-state index in [1.54, 1.807) is 11.7 Å². The zero-order valence-electron chi connectivity index (χ0n) is 18.9. The van der Waals surface area contributed by atoms with E-state index in [0.29, 0.717) is 36.9 Å². The summed E-state index contributed by atoms with van der Waals surface area (Å²) in [5, 5.41) is 20.3. The number of hydroxylamine groups is 1. The molecule has 2 amide bonds. The van der Waals surface area contributed by atoms with Crippen molar-refractivity contribution in [1.82, 2.24) is 25.6 Å². The minimum absolute atomic E-state index is 0.134. The van der Waals surface area contributed by atoms with E-state index < -0.39 is 5.91 Å². The average molecular weight is 496 g/mol. The zero-order chi connectivity index (χ0) is 24.2. The normalized spacial score (nSPS) is 13.9. The second-order valence-electron chi connectivity index (χ2n) is 8.22. The molecule has 0 aliphatic carbocycles. The number of nitrogens with one attached hydrogen (secondary N) is 3. The molecule has 182 valence electrons. The predicted octanol–water partition coefficient (Wildman–Crippen LogP) is 3.08. The van der Waals surface area contributed by atoms with Crippen LogP contribution in [0.4, 0.5) is 10.8 Å². The Hall–Kier alpha value is -3.61. The van der Waals surface area contributed by atoms with Gasteiger partial charge >= 0.3 is 0 Å². The van der Waals surface area contributed by atoms with E-state index in [2.05, 4.69) is 20.4 Å². The Morgan fingerprint density at radius 2 is 1.94 bits per heavy atom. The number of thiophene rings is 1. The molecule has 4 aromatic rings. The molecule has 4 N–H and O–H groups in total. The van der Waals surface area contributed by atoms with Gasteiger partial charge in [0.2, 0.25) is 11.8 Å². The van der Waals surface area contributed by atoms with Crippen LogP contribution in [0.2, 0.25) is 0 Å². The van der Waals surface area contributed by atoms with Gasteiger partial charge < -0.3 is 15.0 Å². The second kappa shape index (κ2) is 10.3. The highest BCUT2D eigenvalue weighted by Crippen LogP contribution is 2.38. The third-order valence-electron chi connectivity index (χ3n) is 5.84. The lowest BCUT2D eigenvalue weighted by Crippen LogP contribution is -2.36. The number of aromatic nitrogens is 4. The molecule has 0 unspecified atom stereocenters. The third-order valence-corrected chi connectivity index (χ3v) is 6.87. The van der Waals surface area contributed by atoms with Crippen LogP contribution in [0.3, 0.4) is 0 Å². The quantitative estimate of drug-likeness (QED) is 0.166. The van der Waals surface area contributed by atoms with Crippen molar-refractivity contribution in [1.29, 1.82) is 0 Å². The van der Waals surface area contributed by atoms with Crippen LogP contribution in [0.1, 0.15) is 25.7 Å². The molecule has 0 spiro atoms. The maximum atomic E-state index is 12.5. The van der Waals surface area contributed by atoms with E-state index in [4.69, 9.17) is 19.9 Å². The molecule has 0 radical (unpaired) electrons. The van der Waals surface area contributed by atoms with Gasteiger partial charge in [0.25, 0.3) is 0 Å². The number of rotatable bonds is 8. The number of hydrogen-bond acceptors (Lipinski definition) is 9. The fourth-order valence-electron chi connectivity index (χ4n) is 4.08. The van der Waals surface area contributed by atoms with Gasteiger partial charge in [-0.25, -0.2) is 15.4 Å². The summed E-state index contributed by atoms with van der Waals surface area (Å²) in [7, 11) is 0. The first-order chi connectivity index (χ1) is 17.1. The number of H-pyrrole nitrogens is 1. The monoisotopic (exact) mass is 495 g/mol. The summed E-state index contributed by atoms with van der Waals surface area (Å²) >= 11 is 1.45. The first kappa shape index (κ1) is 23.1. The Bertz CT molecular complexity index is 1360. The lowest BCUT2D eigenvalue weighted by molar-refractivity contribution is -0.129. The predicted molar refractivity (Wildman–Crippen MR) is 133 cm³/mol. The number of unbranched alkanes of at least 4 members (excludes halogenated alkanes) is 1. The Morgan fingerprint density at radius 3 is 2.74 bits per heavy atom. The Morgan fingerprint density at radius 1 is 1.14 bits per heavy atom. The van der Waals surface area contributed by atoms with Crippen LogP contribution in [0.5, 0.6) is 0 Å². The van der Waals surface area contributed by atoms with Gasteiger partial charge in [0.1, 0.15) is 0 Å². The lowest BCUT2D eigenvalue weighted by atomic mass is 10.1. The van der Waals surface area contributed by atoms with Crippen LogP contribution in [-0.2, 0) is 14.3 Å². The third kappa shape index (κ3) is 5.09. The summed E-state index contributed by atoms with van der Waals surface area (Å²) in [4.78, 5) is 35.6. The number of carbonyl (C=O) groups excluding carboxylic acids is 2. The van der Waals surface area contributed by atoms with Gasteiger partial charge in [-0.1, -0.05) is 12.1 Å². The number of aromatic amines is 1. The van der Waals surface area contributed by atoms with Crippen molar-refractivity contribution >= 4 is 55.1 Å². The number of morpholine rings is 1. The molecule has 35 heavy (non-hydrogen) atoms. The Labute approximate surface area is 204 Å². The van der Waals surface area contributed by atoms with Crippen molar-refractivity contribution in [3.8, 4) is 11.4 Å². The van der Waals surface area contributed by atoms with Gasteiger partial charge in [-0.2, -0.15) is 5.10 Å². The number of benzene rings is 1. The minimum atomic E-state index is -0.453. The van der Waals surface area contributed by atoms with Crippen molar-refractivity contribution in [2.75, 3.05) is 36.5 Å². The van der Waals surface area contributed by atoms with Gasteiger partial charge in [0.05, 0.1) is 40.1 Å². The number of amides is 2. The summed E-state index contributed by atoms with van der Waals surface area (Å²) in [6.45, 7) is 2.70. The number of fused-ring (bicyclic) bond motifs is 2. The van der Waals surface area contributed by atoms with Gasteiger partial charge in [0.15, 0.2) is 11.6 Å². The fraction of sp³-hybridized carbons (Fsp3) is 0.348. The van der Waals surface area contributed by atoms with E-state index in [1.807, 2.05) is 24.3 Å². The molecule has 1 aliphatic heterocycles. The number of carbonyl (C=O) groups is 2. The molecule has 1 aliphatic rings. The SMILES string of the molecule is O=C(CCCCC(=O)Nc1cc2nc(-c3cccc4[nH]ncc34)nc(N3CCOCC3)c2s1)NO. The number of ether oxygens (including phenoxy) is 1. The summed E-state index contributed by atoms with van der Waals surface area (Å²) in [6, 6.07) is 7.76. The van der Waals surface area contributed by atoms with Crippen LogP contribution >= 0.6 is 11.3 Å². The topological polar surface area (TPSA) is 145 Å². The van der Waals surface area contributed by atoms with Crippen molar-refractivity contribution in [3.63, 3.8) is 0 Å². The summed E-state index contributed by atoms with van der Waals surface area (Å²) in [5.41, 5.74) is 4.15. The molecule has 12 heteroatoms. The van der Waals surface area contributed by atoms with Crippen LogP contribution in [0, 0.1) is 0 Å². The van der Waals surface area contributed by atoms with E-state index in [9.17, 15) is 9.59 Å². The van der Waals surface area contributed by atoms with Crippen LogP contribution in [0.15, 0.2) is 30.5 Å². The molecule has 3 aromatic heterocycles. The van der Waals surface area contributed by atoms with Crippen LogP contribution in [0.25, 0.3) is 32.5 Å². The van der Waals surface area contributed by atoms with Crippen molar-refractivity contribution < 1.29 is 19.5 Å². The molecular formula is C23H25N7O4S. The first-order valence-electron chi connectivity index (χ1n) is 11.4. The van der Waals surface area contributed by atoms with Crippen molar-refractivity contribution in [2.24, 2.45) is 0 Å². The highest BCUT2D eigenvalue weighted by Gasteiger charge is 2.21. The molecule has 1 aromatic carbocycles. The second-order valence-corrected chi connectivity index (χ2v) is 9.27. The molecule has 11 nitrogen and oxygen atoms in total. The zero-order valence-corrected chi connectivity index (χ0v) is 19.7. The standard InChI is InChI=1S/C23H25N7O4S/c31-18(6-1-2-7-19(32)29-33)26-20-12-17-21(35-20)23(30-8-10-34-11-9-30)27-22(25-17)14-4-3-5-16-15(14)13-24-28-16/h3-5,12-13,33H,1-2,6-11H2,(H,24,28)(H,26,31)(H,29,32). The molecule has 5 rings (SSSR count). The number of anilines is 2. The molecular weight excluding hydrogens is 470 g/mol. The smallest absolute Gasteiger partial charge is 0.243 e. The largest absolute Gasteiger partial charge is 0.378 e. The number of hydrogen-bond donors (Lipinski definition) is 4. The van der Waals surface area contributed by atoms with Gasteiger partial charge in [-0.15, -0.1) is 11.3 Å². The van der Waals surface area contributed by atoms with Crippen molar-refractivity contribution in [3.05, 3.63) is 30.5 Å². The Kier molecular flexibility index (Phi) is 6.84. The van der Waals surface area contributed by atoms with E-state index in [0.717, 1.165) is 45.6 Å². The van der Waals surface area contributed by atoms with Gasteiger partial charge in [0, 0.05) is 36.9 Å². The van der Waals surface area contributed by atoms with E-state index >= 15 is 0 Å². The summed E-state index contributed by atoms with van der Waals surface area (Å²) in [5.74, 6) is 0.842. The average Bonchev–Trinajstić information content (AvgIpc) is 3.52. The molecule has 0 saturated carbocycles. The molecule has 0 atom stereocenters. The highest BCUT2D eigenvalue weighted by molar-refractivity contribution is 7.23. The van der Waals surface area contributed by atoms with Gasteiger partial charge in [-0.3, -0.25) is 19.9 Å². The molecule has 1 fully saturated rings. The molecule has 0 bridgehead atoms. The first-order valence-corrected chi connectivity index (χ1v) is 12.2. The number of nitrogens with zero attached hydrogens (tertiary/aromatic N) is 4. The molecule has 4 heterocycles. The van der Waals surface area contributed by atoms with Crippen LogP contribution in [-0.4, -0.2) is 63.5 Å². The van der Waals surface area contributed by atoms with Crippen molar-refractivity contribution in [2.45, 2.75) is 25.7 Å². The van der Waals surface area contributed by atoms with Crippen LogP contribution < -0.4 is 15.7 Å². The highest BCUT2D eigenvalue weighted by atomic mass is 32.1. The fourth-order valence-corrected chi connectivity index (χ4v) is 5.11. The molecule has 1 saturated heterocycles. The minimum Gasteiger partial charge on any atom is -0.378 e. The maximum absolute atomic E-state index is 12.5. The summed E-state index contributed by atoms with van der Waals surface area (Å²) < 4.78 is 6.44. The maximum Gasteiger partial charge on any atom is 0.243 e. The van der Waals surface area contributed by atoms with E-state index in [-0.39, 0.29) is 18.7 Å².